The molecule has 1 aliphatic rings. The van der Waals surface area contributed by atoms with Gasteiger partial charge < -0.3 is 16.3 Å². The zero-order valence-corrected chi connectivity index (χ0v) is 11.2. The van der Waals surface area contributed by atoms with Crippen molar-refractivity contribution in [2.45, 2.75) is 18.9 Å². The minimum atomic E-state index is -0.462. The van der Waals surface area contributed by atoms with E-state index in [-0.39, 0.29) is 23.4 Å². The van der Waals surface area contributed by atoms with Crippen LogP contribution in [0.25, 0.3) is 11.0 Å². The number of para-hydroxylation sites is 2. The molecule has 1 unspecified atom stereocenters. The van der Waals surface area contributed by atoms with E-state index in [9.17, 15) is 4.79 Å². The Morgan fingerprint density at radius 1 is 1.38 bits per heavy atom. The quantitative estimate of drug-likeness (QED) is 0.334. The summed E-state index contributed by atoms with van der Waals surface area (Å²) in [5.41, 5.74) is 7.21. The predicted octanol–water partition coefficient (Wildman–Crippen LogP) is 0.885. The van der Waals surface area contributed by atoms with Gasteiger partial charge in [-0.3, -0.25) is 9.78 Å². The number of benzene rings is 1. The molecule has 0 spiro atoms. The van der Waals surface area contributed by atoms with Gasteiger partial charge in [-0.1, -0.05) is 17.3 Å². The number of rotatable bonds is 4. The van der Waals surface area contributed by atoms with Crippen molar-refractivity contribution in [3.8, 4) is 0 Å². The molecule has 0 radical (unpaired) electrons. The maximum absolute atomic E-state index is 12.2. The highest BCUT2D eigenvalue weighted by Crippen LogP contribution is 2.32. The maximum Gasteiger partial charge on any atom is 0.272 e. The van der Waals surface area contributed by atoms with Gasteiger partial charge in [-0.25, -0.2) is 4.98 Å². The minimum Gasteiger partial charge on any atom is -0.409 e. The van der Waals surface area contributed by atoms with Gasteiger partial charge >= 0.3 is 0 Å². The average Bonchev–Trinajstić information content (AvgIpc) is 3.35. The standard InChI is InChI=1S/C14H15N5O2/c15-13(19-21)12(8-5-6-8)18-14(20)11-7-16-9-3-1-2-4-10(9)17-11/h1-4,7-8,12,21H,5-6H2,(H2,15,19)(H,18,20). The van der Waals surface area contributed by atoms with E-state index in [0.29, 0.717) is 5.52 Å². The fraction of sp³-hybridized carbons (Fsp3) is 0.286. The Labute approximate surface area is 120 Å². The third-order valence-corrected chi connectivity index (χ3v) is 3.50. The molecule has 1 aromatic heterocycles. The van der Waals surface area contributed by atoms with Crippen LogP contribution < -0.4 is 11.1 Å². The molecule has 0 aliphatic heterocycles. The van der Waals surface area contributed by atoms with E-state index in [0.717, 1.165) is 18.4 Å². The van der Waals surface area contributed by atoms with Crippen molar-refractivity contribution < 1.29 is 10.0 Å². The lowest BCUT2D eigenvalue weighted by Crippen LogP contribution is -2.46. The van der Waals surface area contributed by atoms with Crippen LogP contribution in [0.4, 0.5) is 0 Å². The molecule has 1 aliphatic carbocycles. The third-order valence-electron chi connectivity index (χ3n) is 3.50. The van der Waals surface area contributed by atoms with Gasteiger partial charge in [-0.05, 0) is 30.9 Å². The highest BCUT2D eigenvalue weighted by molar-refractivity contribution is 5.98. The number of oxime groups is 1. The van der Waals surface area contributed by atoms with Crippen molar-refractivity contribution in [2.75, 3.05) is 0 Å². The lowest BCUT2D eigenvalue weighted by molar-refractivity contribution is 0.0938. The van der Waals surface area contributed by atoms with E-state index in [1.54, 1.807) is 6.07 Å². The summed E-state index contributed by atoms with van der Waals surface area (Å²) in [6, 6.07) is 6.85. The van der Waals surface area contributed by atoms with E-state index < -0.39 is 6.04 Å². The predicted molar refractivity (Wildman–Crippen MR) is 76.9 cm³/mol. The lowest BCUT2D eigenvalue weighted by atomic mass is 10.1. The van der Waals surface area contributed by atoms with Crippen LogP contribution in [0.5, 0.6) is 0 Å². The van der Waals surface area contributed by atoms with Crippen LogP contribution in [0.2, 0.25) is 0 Å². The monoisotopic (exact) mass is 285 g/mol. The van der Waals surface area contributed by atoms with Crippen LogP contribution in [-0.4, -0.2) is 33.0 Å². The smallest absolute Gasteiger partial charge is 0.272 e. The first kappa shape index (κ1) is 13.3. The number of amidine groups is 1. The van der Waals surface area contributed by atoms with Gasteiger partial charge in [0.2, 0.25) is 0 Å². The molecule has 0 bridgehead atoms. The summed E-state index contributed by atoms with van der Waals surface area (Å²) >= 11 is 0. The van der Waals surface area contributed by atoms with Gasteiger partial charge in [0.05, 0.1) is 23.3 Å². The van der Waals surface area contributed by atoms with Crippen molar-refractivity contribution in [3.05, 3.63) is 36.2 Å². The molecule has 1 fully saturated rings. The Balaban J connectivity index is 1.82. The van der Waals surface area contributed by atoms with E-state index >= 15 is 0 Å². The summed E-state index contributed by atoms with van der Waals surface area (Å²) in [6.45, 7) is 0. The number of nitrogens with one attached hydrogen (secondary N) is 1. The fourth-order valence-electron chi connectivity index (χ4n) is 2.21. The van der Waals surface area contributed by atoms with Crippen LogP contribution in [0.1, 0.15) is 23.3 Å². The first-order valence-electron chi connectivity index (χ1n) is 6.69. The second-order valence-corrected chi connectivity index (χ2v) is 5.06. The van der Waals surface area contributed by atoms with Gasteiger partial charge in [0, 0.05) is 0 Å². The first-order valence-corrected chi connectivity index (χ1v) is 6.69. The van der Waals surface area contributed by atoms with E-state index in [1.165, 1.54) is 6.20 Å². The first-order chi connectivity index (χ1) is 10.2. The highest BCUT2D eigenvalue weighted by Gasteiger charge is 2.35. The summed E-state index contributed by atoms with van der Waals surface area (Å²) in [7, 11) is 0. The summed E-state index contributed by atoms with van der Waals surface area (Å²) in [4.78, 5) is 20.7. The van der Waals surface area contributed by atoms with Crippen LogP contribution in [0, 0.1) is 5.92 Å². The summed E-state index contributed by atoms with van der Waals surface area (Å²) in [6.07, 6.45) is 3.32. The number of fused-ring (bicyclic) bond motifs is 1. The van der Waals surface area contributed by atoms with Crippen LogP contribution >= 0.6 is 0 Å². The number of carbonyl (C=O) groups is 1. The number of nitrogens with zero attached hydrogens (tertiary/aromatic N) is 3. The van der Waals surface area contributed by atoms with Gasteiger partial charge in [0.25, 0.3) is 5.91 Å². The van der Waals surface area contributed by atoms with E-state index in [4.69, 9.17) is 10.9 Å². The molecule has 0 saturated heterocycles. The fourth-order valence-corrected chi connectivity index (χ4v) is 2.21. The zero-order chi connectivity index (χ0) is 14.8. The van der Waals surface area contributed by atoms with Crippen molar-refractivity contribution in [3.63, 3.8) is 0 Å². The van der Waals surface area contributed by atoms with Gasteiger partial charge in [0.1, 0.15) is 5.69 Å². The summed E-state index contributed by atoms with van der Waals surface area (Å²) in [5, 5.41) is 14.5. The Morgan fingerprint density at radius 3 is 2.76 bits per heavy atom. The van der Waals surface area contributed by atoms with E-state index in [2.05, 4.69) is 20.4 Å². The molecular weight excluding hydrogens is 270 g/mol. The second-order valence-electron chi connectivity index (χ2n) is 5.06. The maximum atomic E-state index is 12.2. The molecule has 2 aromatic rings. The van der Waals surface area contributed by atoms with Crippen LogP contribution in [0.15, 0.2) is 35.6 Å². The number of amides is 1. The molecule has 1 amide bonds. The zero-order valence-electron chi connectivity index (χ0n) is 11.2. The van der Waals surface area contributed by atoms with Crippen LogP contribution in [-0.2, 0) is 0 Å². The Morgan fingerprint density at radius 2 is 2.10 bits per heavy atom. The van der Waals surface area contributed by atoms with Gasteiger partial charge in [-0.2, -0.15) is 0 Å². The Bertz CT molecular complexity index is 711. The SMILES string of the molecule is N/C(=N/O)C(NC(=O)c1cnc2ccccc2n1)C1CC1. The molecule has 3 rings (SSSR count). The second kappa shape index (κ2) is 5.35. The molecule has 1 heterocycles. The van der Waals surface area contributed by atoms with Crippen molar-refractivity contribution >= 4 is 22.8 Å². The Kier molecular flexibility index (Phi) is 3.39. The molecule has 1 saturated carbocycles. The molecule has 108 valence electrons. The molecule has 21 heavy (non-hydrogen) atoms. The molecule has 7 nitrogen and oxygen atoms in total. The molecule has 7 heteroatoms. The Hall–Kier alpha value is -2.70. The molecule has 1 atom stereocenters. The lowest BCUT2D eigenvalue weighted by Gasteiger charge is -2.16. The number of hydrogen-bond acceptors (Lipinski definition) is 5. The van der Waals surface area contributed by atoms with Crippen molar-refractivity contribution in [1.29, 1.82) is 0 Å². The molecular formula is C14H15N5O2. The summed E-state index contributed by atoms with van der Waals surface area (Å²) < 4.78 is 0. The minimum absolute atomic E-state index is 0.0135. The largest absolute Gasteiger partial charge is 0.409 e. The normalized spacial score (nSPS) is 16.7. The number of aromatic nitrogens is 2. The van der Waals surface area contributed by atoms with Crippen molar-refractivity contribution in [2.24, 2.45) is 16.8 Å². The number of nitrogens with two attached hydrogens (primary N) is 1. The van der Waals surface area contributed by atoms with Crippen molar-refractivity contribution in [1.82, 2.24) is 15.3 Å². The van der Waals surface area contributed by atoms with Gasteiger partial charge in [0.15, 0.2) is 5.84 Å². The number of hydrogen-bond donors (Lipinski definition) is 3. The van der Waals surface area contributed by atoms with E-state index in [1.807, 2.05) is 18.2 Å². The third kappa shape index (κ3) is 2.76. The number of carbonyl (C=O) groups excluding carboxylic acids is 1. The highest BCUT2D eigenvalue weighted by atomic mass is 16.4. The van der Waals surface area contributed by atoms with Gasteiger partial charge in [-0.15, -0.1) is 0 Å². The molecule has 1 aromatic carbocycles. The molecule has 4 N–H and O–H groups in total. The average molecular weight is 285 g/mol. The summed E-state index contributed by atoms with van der Waals surface area (Å²) in [5.74, 6) is -0.144. The van der Waals surface area contributed by atoms with Crippen LogP contribution in [0.3, 0.4) is 0 Å². The topological polar surface area (TPSA) is 113 Å².